The number of aliphatic hydroxyl groups excluding tert-OH is 1. The van der Waals surface area contributed by atoms with E-state index in [9.17, 15) is 18.3 Å². The SMILES string of the molecule is OCC1CCCn2nc(Cc3cccc(C(F)(F)F)c3)nc21. The van der Waals surface area contributed by atoms with Gasteiger partial charge in [0.1, 0.15) is 5.82 Å². The van der Waals surface area contributed by atoms with Gasteiger partial charge in [-0.15, -0.1) is 0 Å². The standard InChI is InChI=1S/C15H16F3N3O/c16-15(17,18)12-5-1-3-10(7-12)8-13-19-14-11(9-22)4-2-6-21(14)20-13/h1,3,5,7,11,22H,2,4,6,8-9H2. The molecule has 22 heavy (non-hydrogen) atoms. The third-order valence-corrected chi connectivity index (χ3v) is 3.87. The highest BCUT2D eigenvalue weighted by Gasteiger charge is 2.30. The van der Waals surface area contributed by atoms with Crippen LogP contribution >= 0.6 is 0 Å². The molecule has 0 saturated carbocycles. The van der Waals surface area contributed by atoms with Gasteiger partial charge in [0, 0.05) is 18.9 Å². The van der Waals surface area contributed by atoms with Gasteiger partial charge >= 0.3 is 6.18 Å². The second-order valence-electron chi connectivity index (χ2n) is 5.51. The third kappa shape index (κ3) is 2.99. The van der Waals surface area contributed by atoms with E-state index >= 15 is 0 Å². The van der Waals surface area contributed by atoms with Gasteiger partial charge in [0.25, 0.3) is 0 Å². The smallest absolute Gasteiger partial charge is 0.396 e. The summed E-state index contributed by atoms with van der Waals surface area (Å²) in [5.41, 5.74) is -0.138. The van der Waals surface area contributed by atoms with Gasteiger partial charge in [0.15, 0.2) is 5.82 Å². The molecule has 4 nitrogen and oxygen atoms in total. The lowest BCUT2D eigenvalue weighted by atomic mass is 10.0. The Morgan fingerprint density at radius 3 is 2.86 bits per heavy atom. The van der Waals surface area contributed by atoms with E-state index in [4.69, 9.17) is 0 Å². The van der Waals surface area contributed by atoms with E-state index in [1.54, 1.807) is 10.7 Å². The first-order valence-electron chi connectivity index (χ1n) is 7.18. The fourth-order valence-corrected chi connectivity index (χ4v) is 2.77. The Bertz CT molecular complexity index is 666. The second kappa shape index (κ2) is 5.72. The van der Waals surface area contributed by atoms with Crippen LogP contribution in [0.4, 0.5) is 13.2 Å². The molecule has 0 bridgehead atoms. The van der Waals surface area contributed by atoms with Crippen LogP contribution in [0.25, 0.3) is 0 Å². The summed E-state index contributed by atoms with van der Waals surface area (Å²) in [4.78, 5) is 4.40. The fourth-order valence-electron chi connectivity index (χ4n) is 2.77. The maximum atomic E-state index is 12.7. The second-order valence-corrected chi connectivity index (χ2v) is 5.51. The van der Waals surface area contributed by atoms with Crippen LogP contribution in [0.1, 0.15) is 41.5 Å². The summed E-state index contributed by atoms with van der Waals surface area (Å²) in [6, 6.07) is 5.21. The Morgan fingerprint density at radius 2 is 2.14 bits per heavy atom. The Labute approximate surface area is 125 Å². The lowest BCUT2D eigenvalue weighted by Gasteiger charge is -2.19. The van der Waals surface area contributed by atoms with Crippen LogP contribution in [-0.2, 0) is 19.1 Å². The van der Waals surface area contributed by atoms with Crippen LogP contribution in [0.2, 0.25) is 0 Å². The number of hydrogen-bond donors (Lipinski definition) is 1. The number of aliphatic hydroxyl groups is 1. The molecule has 0 fully saturated rings. The maximum Gasteiger partial charge on any atom is 0.416 e. The lowest BCUT2D eigenvalue weighted by molar-refractivity contribution is -0.137. The van der Waals surface area contributed by atoms with Crippen molar-refractivity contribution in [2.75, 3.05) is 6.61 Å². The molecule has 1 aliphatic rings. The molecule has 1 atom stereocenters. The molecule has 0 aliphatic carbocycles. The van der Waals surface area contributed by atoms with Gasteiger partial charge in [-0.3, -0.25) is 0 Å². The van der Waals surface area contributed by atoms with Crippen LogP contribution in [-0.4, -0.2) is 26.5 Å². The van der Waals surface area contributed by atoms with Gasteiger partial charge in [-0.05, 0) is 24.5 Å². The van der Waals surface area contributed by atoms with Gasteiger partial charge in [0.2, 0.25) is 0 Å². The number of nitrogens with zero attached hydrogens (tertiary/aromatic N) is 3. The van der Waals surface area contributed by atoms with Crippen molar-refractivity contribution in [2.24, 2.45) is 0 Å². The van der Waals surface area contributed by atoms with Crippen molar-refractivity contribution in [3.8, 4) is 0 Å². The van der Waals surface area contributed by atoms with Crippen molar-refractivity contribution >= 4 is 0 Å². The molecule has 1 unspecified atom stereocenters. The predicted molar refractivity (Wildman–Crippen MR) is 73.3 cm³/mol. The molecule has 7 heteroatoms. The van der Waals surface area contributed by atoms with Crippen molar-refractivity contribution < 1.29 is 18.3 Å². The molecule has 0 radical (unpaired) electrons. The van der Waals surface area contributed by atoms with Crippen LogP contribution in [0.5, 0.6) is 0 Å². The summed E-state index contributed by atoms with van der Waals surface area (Å²) in [5.74, 6) is 1.20. The number of aryl methyl sites for hydroxylation is 1. The van der Waals surface area contributed by atoms with Crippen molar-refractivity contribution in [1.29, 1.82) is 0 Å². The highest BCUT2D eigenvalue weighted by atomic mass is 19.4. The topological polar surface area (TPSA) is 50.9 Å². The molecule has 2 aromatic rings. The zero-order chi connectivity index (χ0) is 15.7. The van der Waals surface area contributed by atoms with E-state index in [-0.39, 0.29) is 18.9 Å². The highest BCUT2D eigenvalue weighted by Crippen LogP contribution is 2.30. The minimum absolute atomic E-state index is 0.0156. The number of halogens is 3. The van der Waals surface area contributed by atoms with Crippen LogP contribution in [0, 0.1) is 0 Å². The average Bonchev–Trinajstić information content (AvgIpc) is 2.88. The Hall–Kier alpha value is -1.89. The number of alkyl halides is 3. The molecule has 1 aromatic carbocycles. The summed E-state index contributed by atoms with van der Waals surface area (Å²) < 4.78 is 39.9. The fraction of sp³-hybridized carbons (Fsp3) is 0.467. The van der Waals surface area contributed by atoms with Crippen LogP contribution < -0.4 is 0 Å². The van der Waals surface area contributed by atoms with E-state index in [1.165, 1.54) is 6.07 Å². The molecule has 0 saturated heterocycles. The summed E-state index contributed by atoms with van der Waals surface area (Å²) in [7, 11) is 0. The van der Waals surface area contributed by atoms with Gasteiger partial charge < -0.3 is 5.11 Å². The summed E-state index contributed by atoms with van der Waals surface area (Å²) in [6.45, 7) is 0.753. The molecule has 0 amide bonds. The van der Waals surface area contributed by atoms with Crippen molar-refractivity contribution in [1.82, 2.24) is 14.8 Å². The van der Waals surface area contributed by atoms with E-state index in [0.29, 0.717) is 11.4 Å². The summed E-state index contributed by atoms with van der Waals surface area (Å²) in [5, 5.41) is 13.7. The Balaban J connectivity index is 1.84. The minimum atomic E-state index is -4.35. The zero-order valence-electron chi connectivity index (χ0n) is 11.8. The molecule has 2 heterocycles. The van der Waals surface area contributed by atoms with Crippen molar-refractivity contribution in [3.05, 3.63) is 47.0 Å². The molecule has 1 aromatic heterocycles. The average molecular weight is 311 g/mol. The number of aromatic nitrogens is 3. The number of hydrogen-bond acceptors (Lipinski definition) is 3. The van der Waals surface area contributed by atoms with E-state index in [1.807, 2.05) is 0 Å². The molecular weight excluding hydrogens is 295 g/mol. The van der Waals surface area contributed by atoms with Crippen molar-refractivity contribution in [3.63, 3.8) is 0 Å². The largest absolute Gasteiger partial charge is 0.416 e. The number of fused-ring (bicyclic) bond motifs is 1. The molecule has 118 valence electrons. The molecule has 1 N–H and O–H groups in total. The summed E-state index contributed by atoms with van der Waals surface area (Å²) >= 11 is 0. The minimum Gasteiger partial charge on any atom is -0.396 e. The first kappa shape index (κ1) is 15.0. The number of rotatable bonds is 3. The van der Waals surface area contributed by atoms with Crippen molar-refractivity contribution in [2.45, 2.75) is 37.9 Å². The molecular formula is C15H16F3N3O. The Morgan fingerprint density at radius 1 is 1.32 bits per heavy atom. The van der Waals surface area contributed by atoms with Gasteiger partial charge in [-0.2, -0.15) is 18.3 Å². The van der Waals surface area contributed by atoms with E-state index in [0.717, 1.165) is 37.3 Å². The van der Waals surface area contributed by atoms with Gasteiger partial charge in [-0.25, -0.2) is 9.67 Å². The van der Waals surface area contributed by atoms with E-state index < -0.39 is 11.7 Å². The molecule has 0 spiro atoms. The number of benzene rings is 1. The quantitative estimate of drug-likeness (QED) is 0.948. The maximum absolute atomic E-state index is 12.7. The Kier molecular flexibility index (Phi) is 3.90. The predicted octanol–water partition coefficient (Wildman–Crippen LogP) is 2.76. The van der Waals surface area contributed by atoms with Gasteiger partial charge in [0.05, 0.1) is 12.2 Å². The first-order valence-corrected chi connectivity index (χ1v) is 7.18. The summed E-state index contributed by atoms with van der Waals surface area (Å²) in [6.07, 6.45) is -2.32. The normalized spacial score (nSPS) is 18.3. The van der Waals surface area contributed by atoms with Crippen LogP contribution in [0.15, 0.2) is 24.3 Å². The zero-order valence-corrected chi connectivity index (χ0v) is 11.8. The van der Waals surface area contributed by atoms with E-state index in [2.05, 4.69) is 10.1 Å². The lowest BCUT2D eigenvalue weighted by Crippen LogP contribution is -2.19. The third-order valence-electron chi connectivity index (χ3n) is 3.87. The van der Waals surface area contributed by atoms with Gasteiger partial charge in [-0.1, -0.05) is 18.2 Å². The highest BCUT2D eigenvalue weighted by molar-refractivity contribution is 5.27. The van der Waals surface area contributed by atoms with Crippen LogP contribution in [0.3, 0.4) is 0 Å². The monoisotopic (exact) mass is 311 g/mol. The molecule has 3 rings (SSSR count). The molecule has 1 aliphatic heterocycles. The first-order chi connectivity index (χ1) is 10.5.